The van der Waals surface area contributed by atoms with Crippen LogP contribution in [-0.2, 0) is 4.79 Å². The number of primary amides is 1. The van der Waals surface area contributed by atoms with E-state index in [1.54, 1.807) is 17.0 Å². The molecular weight excluding hydrogens is 266 g/mol. The van der Waals surface area contributed by atoms with Gasteiger partial charge in [-0.2, -0.15) is 0 Å². The number of rotatable bonds is 2. The molecule has 1 aliphatic rings. The van der Waals surface area contributed by atoms with Gasteiger partial charge in [-0.25, -0.2) is 4.98 Å². The van der Waals surface area contributed by atoms with E-state index >= 15 is 0 Å². The van der Waals surface area contributed by atoms with Crippen LogP contribution < -0.4 is 5.73 Å². The second-order valence-electron chi connectivity index (χ2n) is 4.85. The summed E-state index contributed by atoms with van der Waals surface area (Å²) in [4.78, 5) is 29.2. The maximum absolute atomic E-state index is 12.4. The molecule has 0 aromatic carbocycles. The molecular formula is C13H16ClN3O2. The van der Waals surface area contributed by atoms with E-state index in [-0.39, 0.29) is 23.8 Å². The molecule has 0 spiro atoms. The Morgan fingerprint density at radius 3 is 2.74 bits per heavy atom. The summed E-state index contributed by atoms with van der Waals surface area (Å²) in [6, 6.07) is 3.31. The summed E-state index contributed by atoms with van der Waals surface area (Å²) in [6.07, 6.45) is 2.96. The lowest BCUT2D eigenvalue weighted by molar-refractivity contribution is -0.123. The molecule has 2 amide bonds. The molecule has 0 aliphatic carbocycles. The summed E-state index contributed by atoms with van der Waals surface area (Å²) >= 11 is 5.70. The van der Waals surface area contributed by atoms with Gasteiger partial charge in [0.15, 0.2) is 0 Å². The van der Waals surface area contributed by atoms with E-state index in [0.717, 1.165) is 12.8 Å². The Labute approximate surface area is 116 Å². The number of carbonyl (C=O) groups excluding carboxylic acids is 2. The van der Waals surface area contributed by atoms with Gasteiger partial charge in [-0.1, -0.05) is 11.6 Å². The highest BCUT2D eigenvalue weighted by atomic mass is 35.5. The zero-order chi connectivity index (χ0) is 14.0. The third kappa shape index (κ3) is 3.04. The Kier molecular flexibility index (Phi) is 4.04. The predicted molar refractivity (Wildman–Crippen MR) is 71.7 cm³/mol. The van der Waals surface area contributed by atoms with Crippen LogP contribution in [0.5, 0.6) is 0 Å². The minimum absolute atomic E-state index is 0.0961. The first-order valence-corrected chi connectivity index (χ1v) is 6.58. The van der Waals surface area contributed by atoms with Crippen LogP contribution in [0, 0.1) is 5.92 Å². The summed E-state index contributed by atoms with van der Waals surface area (Å²) in [7, 11) is 0. The fourth-order valence-electron chi connectivity index (χ4n) is 2.29. The van der Waals surface area contributed by atoms with E-state index in [0.29, 0.717) is 17.3 Å². The number of aromatic nitrogens is 1. The molecule has 1 aromatic heterocycles. The van der Waals surface area contributed by atoms with Gasteiger partial charge < -0.3 is 10.6 Å². The number of pyridine rings is 1. The fourth-order valence-corrected chi connectivity index (χ4v) is 2.40. The van der Waals surface area contributed by atoms with E-state index < -0.39 is 0 Å². The molecule has 2 rings (SSSR count). The Morgan fingerprint density at radius 1 is 1.42 bits per heavy atom. The quantitative estimate of drug-likeness (QED) is 0.834. The van der Waals surface area contributed by atoms with E-state index in [2.05, 4.69) is 4.98 Å². The summed E-state index contributed by atoms with van der Waals surface area (Å²) in [5.41, 5.74) is 5.80. The van der Waals surface area contributed by atoms with Crippen LogP contribution in [0.4, 0.5) is 0 Å². The van der Waals surface area contributed by atoms with Gasteiger partial charge in [0.2, 0.25) is 5.91 Å². The predicted octanol–water partition coefficient (Wildman–Crippen LogP) is 1.46. The van der Waals surface area contributed by atoms with Crippen molar-refractivity contribution >= 4 is 23.4 Å². The van der Waals surface area contributed by atoms with Crippen LogP contribution in [0.25, 0.3) is 0 Å². The van der Waals surface area contributed by atoms with E-state index in [1.165, 1.54) is 6.20 Å². The van der Waals surface area contributed by atoms with Gasteiger partial charge in [0.1, 0.15) is 5.15 Å². The Morgan fingerprint density at radius 2 is 2.16 bits per heavy atom. The SMILES string of the molecule is CC1CCC(C(N)=O)CN1C(=O)c1ccc(Cl)nc1. The fraction of sp³-hybridized carbons (Fsp3) is 0.462. The molecule has 1 saturated heterocycles. The van der Waals surface area contributed by atoms with Gasteiger partial charge in [-0.3, -0.25) is 9.59 Å². The molecule has 0 radical (unpaired) electrons. The van der Waals surface area contributed by atoms with Crippen LogP contribution in [0.3, 0.4) is 0 Å². The first kappa shape index (κ1) is 13.8. The van der Waals surface area contributed by atoms with E-state index in [1.807, 2.05) is 6.92 Å². The molecule has 6 heteroatoms. The Hall–Kier alpha value is -1.62. The molecule has 0 bridgehead atoms. The molecule has 5 nitrogen and oxygen atoms in total. The minimum Gasteiger partial charge on any atom is -0.369 e. The number of amides is 2. The molecule has 2 heterocycles. The van der Waals surface area contributed by atoms with Gasteiger partial charge in [0.05, 0.1) is 11.5 Å². The number of hydrogen-bond acceptors (Lipinski definition) is 3. The summed E-state index contributed by atoms with van der Waals surface area (Å²) in [5.74, 6) is -0.748. The normalized spacial score (nSPS) is 23.2. The molecule has 1 aliphatic heterocycles. The van der Waals surface area contributed by atoms with Gasteiger partial charge in [-0.05, 0) is 31.9 Å². The smallest absolute Gasteiger partial charge is 0.255 e. The molecule has 0 saturated carbocycles. The van der Waals surface area contributed by atoms with Crippen LogP contribution in [0.1, 0.15) is 30.1 Å². The maximum atomic E-state index is 12.4. The molecule has 2 unspecified atom stereocenters. The van der Waals surface area contributed by atoms with Crippen molar-refractivity contribution in [3.05, 3.63) is 29.0 Å². The van der Waals surface area contributed by atoms with Crippen molar-refractivity contribution in [2.75, 3.05) is 6.54 Å². The lowest BCUT2D eigenvalue weighted by Crippen LogP contribution is -2.48. The molecule has 2 atom stereocenters. The zero-order valence-corrected chi connectivity index (χ0v) is 11.4. The van der Waals surface area contributed by atoms with Gasteiger partial charge in [-0.15, -0.1) is 0 Å². The molecule has 102 valence electrons. The second-order valence-corrected chi connectivity index (χ2v) is 5.24. The first-order chi connectivity index (χ1) is 8.99. The van der Waals surface area contributed by atoms with Crippen LogP contribution in [0.15, 0.2) is 18.3 Å². The number of halogens is 1. The zero-order valence-electron chi connectivity index (χ0n) is 10.7. The second kappa shape index (κ2) is 5.57. The number of nitrogens with two attached hydrogens (primary N) is 1. The third-order valence-electron chi connectivity index (χ3n) is 3.52. The van der Waals surface area contributed by atoms with Crippen molar-refractivity contribution < 1.29 is 9.59 Å². The van der Waals surface area contributed by atoms with Crippen LogP contribution in [0.2, 0.25) is 5.15 Å². The van der Waals surface area contributed by atoms with Crippen molar-refractivity contribution in [3.8, 4) is 0 Å². The molecule has 19 heavy (non-hydrogen) atoms. The van der Waals surface area contributed by atoms with E-state index in [9.17, 15) is 9.59 Å². The highest BCUT2D eigenvalue weighted by Gasteiger charge is 2.32. The van der Waals surface area contributed by atoms with E-state index in [4.69, 9.17) is 17.3 Å². The van der Waals surface area contributed by atoms with Crippen molar-refractivity contribution in [3.63, 3.8) is 0 Å². The summed E-state index contributed by atoms with van der Waals surface area (Å²) in [5, 5.41) is 0.346. The summed E-state index contributed by atoms with van der Waals surface area (Å²) < 4.78 is 0. The molecule has 2 N–H and O–H groups in total. The molecule has 1 fully saturated rings. The number of carbonyl (C=O) groups is 2. The summed E-state index contributed by atoms with van der Waals surface area (Å²) in [6.45, 7) is 2.34. The molecule has 1 aromatic rings. The van der Waals surface area contributed by atoms with Crippen molar-refractivity contribution in [2.24, 2.45) is 11.7 Å². The largest absolute Gasteiger partial charge is 0.369 e. The van der Waals surface area contributed by atoms with Gasteiger partial charge in [0, 0.05) is 18.8 Å². The average Bonchev–Trinajstić information content (AvgIpc) is 2.39. The lowest BCUT2D eigenvalue weighted by atomic mass is 9.92. The highest BCUT2D eigenvalue weighted by molar-refractivity contribution is 6.29. The monoisotopic (exact) mass is 281 g/mol. The Bertz CT molecular complexity index is 489. The average molecular weight is 282 g/mol. The van der Waals surface area contributed by atoms with Crippen LogP contribution >= 0.6 is 11.6 Å². The number of nitrogens with zero attached hydrogens (tertiary/aromatic N) is 2. The van der Waals surface area contributed by atoms with Crippen LogP contribution in [-0.4, -0.2) is 34.3 Å². The number of piperidine rings is 1. The topological polar surface area (TPSA) is 76.3 Å². The first-order valence-electron chi connectivity index (χ1n) is 6.21. The van der Waals surface area contributed by atoms with Crippen molar-refractivity contribution in [2.45, 2.75) is 25.8 Å². The number of likely N-dealkylation sites (tertiary alicyclic amines) is 1. The lowest BCUT2D eigenvalue weighted by Gasteiger charge is -2.36. The number of hydrogen-bond donors (Lipinski definition) is 1. The standard InChI is InChI=1S/C13H16ClN3O2/c1-8-2-3-10(12(15)18)7-17(8)13(19)9-4-5-11(14)16-6-9/h4-6,8,10H,2-3,7H2,1H3,(H2,15,18). The maximum Gasteiger partial charge on any atom is 0.255 e. The van der Waals surface area contributed by atoms with Crippen molar-refractivity contribution in [1.29, 1.82) is 0 Å². The minimum atomic E-state index is -0.348. The van der Waals surface area contributed by atoms with Gasteiger partial charge in [0.25, 0.3) is 5.91 Å². The highest BCUT2D eigenvalue weighted by Crippen LogP contribution is 2.23. The Balaban J connectivity index is 2.16. The van der Waals surface area contributed by atoms with Gasteiger partial charge >= 0.3 is 0 Å². The third-order valence-corrected chi connectivity index (χ3v) is 3.74. The van der Waals surface area contributed by atoms with Crippen molar-refractivity contribution in [1.82, 2.24) is 9.88 Å².